The Balaban J connectivity index is 2.98. The topological polar surface area (TPSA) is 23.5 Å². The Hall–Kier alpha value is -0.930. The van der Waals surface area contributed by atoms with E-state index in [4.69, 9.17) is 0 Å². The number of nitrogens with zero attached hydrogens (tertiary/aromatic N) is 1. The Morgan fingerprint density at radius 1 is 1.29 bits per heavy atom. The molecule has 0 fully saturated rings. The van der Waals surface area contributed by atoms with E-state index in [-0.39, 0.29) is 5.82 Å². The smallest absolute Gasteiger partial charge is 0.123 e. The zero-order valence-corrected chi connectivity index (χ0v) is 11.1. The van der Waals surface area contributed by atoms with E-state index in [1.807, 2.05) is 13.8 Å². The standard InChI is InChI=1S/C14H22FNO/c1-5-16(6-2)14(3,4)13(17)11-8-7-9-12(15)10-11/h7-10,13,17H,5-6H2,1-4H3. The Bertz CT molecular complexity index is 361. The van der Waals surface area contributed by atoms with Crippen molar-refractivity contribution in [1.82, 2.24) is 4.90 Å². The van der Waals surface area contributed by atoms with Crippen LogP contribution in [0.15, 0.2) is 24.3 Å². The summed E-state index contributed by atoms with van der Waals surface area (Å²) in [4.78, 5) is 2.17. The van der Waals surface area contributed by atoms with E-state index in [0.29, 0.717) is 5.56 Å². The normalized spacial score (nSPS) is 14.1. The molecule has 3 heteroatoms. The highest BCUT2D eigenvalue weighted by Gasteiger charge is 2.33. The van der Waals surface area contributed by atoms with Crippen LogP contribution in [0.1, 0.15) is 39.4 Å². The average molecular weight is 239 g/mol. The first-order chi connectivity index (χ1) is 7.93. The molecule has 0 spiro atoms. The second-order valence-corrected chi connectivity index (χ2v) is 4.78. The third-order valence-electron chi connectivity index (χ3n) is 3.41. The van der Waals surface area contributed by atoms with E-state index in [1.165, 1.54) is 12.1 Å². The predicted octanol–water partition coefficient (Wildman–Crippen LogP) is 2.98. The fourth-order valence-corrected chi connectivity index (χ4v) is 2.30. The summed E-state index contributed by atoms with van der Waals surface area (Å²) in [6.07, 6.45) is -0.696. The van der Waals surface area contributed by atoms with Crippen molar-refractivity contribution in [3.05, 3.63) is 35.6 Å². The molecule has 1 aromatic rings. The van der Waals surface area contributed by atoms with Gasteiger partial charge in [-0.25, -0.2) is 4.39 Å². The van der Waals surface area contributed by atoms with Gasteiger partial charge in [0.25, 0.3) is 0 Å². The summed E-state index contributed by atoms with van der Waals surface area (Å²) in [5.74, 6) is -0.308. The maximum Gasteiger partial charge on any atom is 0.123 e. The van der Waals surface area contributed by atoms with Crippen LogP contribution in [-0.2, 0) is 0 Å². The summed E-state index contributed by atoms with van der Waals surface area (Å²) in [6.45, 7) is 9.80. The van der Waals surface area contributed by atoms with Gasteiger partial charge in [-0.15, -0.1) is 0 Å². The summed E-state index contributed by atoms with van der Waals surface area (Å²) in [7, 11) is 0. The fourth-order valence-electron chi connectivity index (χ4n) is 2.30. The van der Waals surface area contributed by atoms with Crippen molar-refractivity contribution < 1.29 is 9.50 Å². The minimum absolute atomic E-state index is 0.308. The van der Waals surface area contributed by atoms with Gasteiger partial charge in [-0.3, -0.25) is 4.90 Å². The fraction of sp³-hybridized carbons (Fsp3) is 0.571. The monoisotopic (exact) mass is 239 g/mol. The molecule has 0 aliphatic carbocycles. The van der Waals surface area contributed by atoms with Gasteiger partial charge < -0.3 is 5.11 Å². The third-order valence-corrected chi connectivity index (χ3v) is 3.41. The molecule has 1 rings (SSSR count). The lowest BCUT2D eigenvalue weighted by atomic mass is 9.89. The Morgan fingerprint density at radius 3 is 2.35 bits per heavy atom. The van der Waals surface area contributed by atoms with Crippen molar-refractivity contribution in [2.75, 3.05) is 13.1 Å². The van der Waals surface area contributed by atoms with Gasteiger partial charge in [0.2, 0.25) is 0 Å². The van der Waals surface area contributed by atoms with Gasteiger partial charge in [-0.2, -0.15) is 0 Å². The zero-order chi connectivity index (χ0) is 13.1. The van der Waals surface area contributed by atoms with Gasteiger partial charge in [0.1, 0.15) is 5.82 Å². The molecular weight excluding hydrogens is 217 g/mol. The molecule has 2 nitrogen and oxygen atoms in total. The molecule has 0 heterocycles. The van der Waals surface area contributed by atoms with Crippen LogP contribution in [0.4, 0.5) is 4.39 Å². The van der Waals surface area contributed by atoms with E-state index >= 15 is 0 Å². The molecule has 0 bridgehead atoms. The maximum absolute atomic E-state index is 13.2. The average Bonchev–Trinajstić information content (AvgIpc) is 2.29. The Kier molecular flexibility index (Phi) is 4.66. The first-order valence-corrected chi connectivity index (χ1v) is 6.12. The Labute approximate surface area is 103 Å². The maximum atomic E-state index is 13.2. The summed E-state index contributed by atoms with van der Waals surface area (Å²) in [5.41, 5.74) is 0.221. The van der Waals surface area contributed by atoms with Crippen molar-refractivity contribution >= 4 is 0 Å². The zero-order valence-electron chi connectivity index (χ0n) is 11.1. The van der Waals surface area contributed by atoms with E-state index in [2.05, 4.69) is 18.7 Å². The van der Waals surface area contributed by atoms with Crippen LogP contribution in [0.3, 0.4) is 0 Å². The first kappa shape index (κ1) is 14.1. The predicted molar refractivity (Wildman–Crippen MR) is 68.4 cm³/mol. The molecule has 1 atom stereocenters. The van der Waals surface area contributed by atoms with Crippen molar-refractivity contribution in [3.63, 3.8) is 0 Å². The highest BCUT2D eigenvalue weighted by molar-refractivity contribution is 5.21. The SMILES string of the molecule is CCN(CC)C(C)(C)C(O)c1cccc(F)c1. The lowest BCUT2D eigenvalue weighted by Gasteiger charge is -2.41. The third kappa shape index (κ3) is 3.05. The van der Waals surface area contributed by atoms with Crippen LogP contribution < -0.4 is 0 Å². The number of halogens is 1. The minimum atomic E-state index is -0.696. The van der Waals surface area contributed by atoms with Crippen LogP contribution in [0.2, 0.25) is 0 Å². The number of likely N-dealkylation sites (N-methyl/N-ethyl adjacent to an activating group) is 1. The van der Waals surface area contributed by atoms with Crippen LogP contribution in [0.5, 0.6) is 0 Å². The lowest BCUT2D eigenvalue weighted by molar-refractivity contribution is -0.00640. The van der Waals surface area contributed by atoms with Gasteiger partial charge in [0, 0.05) is 5.54 Å². The summed E-state index contributed by atoms with van der Waals surface area (Å²) >= 11 is 0. The summed E-state index contributed by atoms with van der Waals surface area (Å²) in [5, 5.41) is 10.4. The van der Waals surface area contributed by atoms with Crippen molar-refractivity contribution in [3.8, 4) is 0 Å². The van der Waals surface area contributed by atoms with E-state index in [1.54, 1.807) is 12.1 Å². The van der Waals surface area contributed by atoms with E-state index < -0.39 is 11.6 Å². The van der Waals surface area contributed by atoms with Crippen LogP contribution in [-0.4, -0.2) is 28.6 Å². The van der Waals surface area contributed by atoms with Crippen molar-refractivity contribution in [2.24, 2.45) is 0 Å². The molecule has 0 saturated heterocycles. The minimum Gasteiger partial charge on any atom is -0.386 e. The molecule has 0 aliphatic rings. The highest BCUT2D eigenvalue weighted by atomic mass is 19.1. The van der Waals surface area contributed by atoms with Gasteiger partial charge in [0.15, 0.2) is 0 Å². The Morgan fingerprint density at radius 2 is 1.88 bits per heavy atom. The van der Waals surface area contributed by atoms with Gasteiger partial charge in [-0.05, 0) is 44.6 Å². The van der Waals surface area contributed by atoms with Gasteiger partial charge >= 0.3 is 0 Å². The second-order valence-electron chi connectivity index (χ2n) is 4.78. The van der Waals surface area contributed by atoms with Crippen LogP contribution in [0, 0.1) is 5.82 Å². The van der Waals surface area contributed by atoms with E-state index in [0.717, 1.165) is 13.1 Å². The highest BCUT2D eigenvalue weighted by Crippen LogP contribution is 2.30. The molecular formula is C14H22FNO. The molecule has 0 saturated carbocycles. The van der Waals surface area contributed by atoms with E-state index in [9.17, 15) is 9.50 Å². The molecule has 1 aromatic carbocycles. The molecule has 17 heavy (non-hydrogen) atoms. The largest absolute Gasteiger partial charge is 0.386 e. The molecule has 0 aliphatic heterocycles. The summed E-state index contributed by atoms with van der Waals surface area (Å²) in [6, 6.07) is 6.18. The second kappa shape index (κ2) is 5.61. The number of benzene rings is 1. The molecule has 96 valence electrons. The molecule has 1 unspecified atom stereocenters. The summed E-state index contributed by atoms with van der Waals surface area (Å²) < 4.78 is 13.2. The van der Waals surface area contributed by atoms with Gasteiger partial charge in [-0.1, -0.05) is 26.0 Å². The number of aliphatic hydroxyl groups is 1. The quantitative estimate of drug-likeness (QED) is 0.854. The number of aliphatic hydroxyl groups excluding tert-OH is 1. The molecule has 0 amide bonds. The van der Waals surface area contributed by atoms with Gasteiger partial charge in [0.05, 0.1) is 6.10 Å². The van der Waals surface area contributed by atoms with Crippen LogP contribution >= 0.6 is 0 Å². The number of rotatable bonds is 5. The number of hydrogen-bond donors (Lipinski definition) is 1. The number of hydrogen-bond acceptors (Lipinski definition) is 2. The molecule has 1 N–H and O–H groups in total. The lowest BCUT2D eigenvalue weighted by Crippen LogP contribution is -2.48. The van der Waals surface area contributed by atoms with Crippen molar-refractivity contribution in [2.45, 2.75) is 39.3 Å². The first-order valence-electron chi connectivity index (χ1n) is 6.12. The molecule has 0 aromatic heterocycles. The molecule has 0 radical (unpaired) electrons. The van der Waals surface area contributed by atoms with Crippen molar-refractivity contribution in [1.29, 1.82) is 0 Å². The van der Waals surface area contributed by atoms with Crippen LogP contribution in [0.25, 0.3) is 0 Å².